The van der Waals surface area contributed by atoms with Gasteiger partial charge in [0.2, 0.25) is 6.29 Å². The van der Waals surface area contributed by atoms with Crippen molar-refractivity contribution < 1.29 is 19.4 Å². The van der Waals surface area contributed by atoms with Crippen LogP contribution in [0.2, 0.25) is 0 Å². The number of rotatable bonds is 8. The number of carbonyl (C=O) groups is 1. The van der Waals surface area contributed by atoms with E-state index in [2.05, 4.69) is 47.8 Å². The third kappa shape index (κ3) is 4.52. The summed E-state index contributed by atoms with van der Waals surface area (Å²) in [5.41, 5.74) is 6.58. The third-order valence-corrected chi connectivity index (χ3v) is 8.48. The van der Waals surface area contributed by atoms with Gasteiger partial charge in [-0.15, -0.1) is 0 Å². The fourth-order valence-electron chi connectivity index (χ4n) is 6.75. The predicted octanol–water partition coefficient (Wildman–Crippen LogP) is 5.07. The van der Waals surface area contributed by atoms with Crippen molar-refractivity contribution in [1.82, 2.24) is 5.32 Å². The van der Waals surface area contributed by atoms with Gasteiger partial charge in [-0.05, 0) is 84.3 Å². The lowest BCUT2D eigenvalue weighted by atomic mass is 9.87. The summed E-state index contributed by atoms with van der Waals surface area (Å²) in [6.07, 6.45) is 9.51. The Morgan fingerprint density at radius 1 is 1.03 bits per heavy atom. The average Bonchev–Trinajstić information content (AvgIpc) is 3.60. The van der Waals surface area contributed by atoms with E-state index < -0.39 is 6.29 Å². The van der Waals surface area contributed by atoms with Crippen LogP contribution in [0.25, 0.3) is 11.1 Å². The number of allylic oxidation sites excluding steroid dienone is 1. The van der Waals surface area contributed by atoms with Crippen molar-refractivity contribution in [2.45, 2.75) is 69.6 Å². The molecule has 0 radical (unpaired) electrons. The maximum Gasteiger partial charge on any atom is 0.286 e. The predicted molar refractivity (Wildman–Crippen MR) is 135 cm³/mol. The molecular formula is C30H35NO4. The van der Waals surface area contributed by atoms with Gasteiger partial charge in [0.05, 0.1) is 6.61 Å². The normalized spacial score (nSPS) is 28.3. The van der Waals surface area contributed by atoms with Crippen LogP contribution in [-0.4, -0.2) is 36.6 Å². The number of aliphatic hydroxyl groups is 1. The fourth-order valence-corrected chi connectivity index (χ4v) is 6.75. The average molecular weight is 474 g/mol. The van der Waals surface area contributed by atoms with Crippen LogP contribution in [0.1, 0.15) is 67.6 Å². The molecule has 35 heavy (non-hydrogen) atoms. The molecule has 1 aliphatic heterocycles. The summed E-state index contributed by atoms with van der Waals surface area (Å²) in [6.45, 7) is 0.670. The lowest BCUT2D eigenvalue weighted by Gasteiger charge is -2.31. The molecule has 3 unspecified atom stereocenters. The van der Waals surface area contributed by atoms with E-state index in [1.54, 1.807) is 0 Å². The second-order valence-electron chi connectivity index (χ2n) is 10.7. The van der Waals surface area contributed by atoms with E-state index in [-0.39, 0.29) is 24.5 Å². The Labute approximate surface area is 207 Å². The number of hydrogen-bond donors (Lipinski definition) is 2. The van der Waals surface area contributed by atoms with Crippen LogP contribution >= 0.6 is 0 Å². The minimum Gasteiger partial charge on any atom is -0.459 e. The van der Waals surface area contributed by atoms with Crippen molar-refractivity contribution in [3.05, 3.63) is 71.0 Å². The molecule has 2 saturated carbocycles. The Morgan fingerprint density at radius 2 is 1.91 bits per heavy atom. The summed E-state index contributed by atoms with van der Waals surface area (Å²) < 4.78 is 12.2. The first kappa shape index (κ1) is 22.8. The third-order valence-electron chi connectivity index (χ3n) is 8.48. The largest absolute Gasteiger partial charge is 0.459 e. The van der Waals surface area contributed by atoms with Gasteiger partial charge in [-0.25, -0.2) is 0 Å². The highest BCUT2D eigenvalue weighted by Crippen LogP contribution is 2.45. The molecule has 184 valence electrons. The number of amides is 1. The summed E-state index contributed by atoms with van der Waals surface area (Å²) in [7, 11) is 0. The maximum atomic E-state index is 13.3. The van der Waals surface area contributed by atoms with Gasteiger partial charge >= 0.3 is 0 Å². The number of fused-ring (bicyclic) bond motifs is 5. The molecule has 5 heteroatoms. The van der Waals surface area contributed by atoms with E-state index in [0.29, 0.717) is 31.1 Å². The summed E-state index contributed by atoms with van der Waals surface area (Å²) >= 11 is 0. The fraction of sp³-hybridized carbons (Fsp3) is 0.500. The van der Waals surface area contributed by atoms with Crippen molar-refractivity contribution >= 4 is 5.91 Å². The molecule has 5 nitrogen and oxygen atoms in total. The van der Waals surface area contributed by atoms with Gasteiger partial charge in [-0.3, -0.25) is 4.79 Å². The van der Waals surface area contributed by atoms with E-state index in [4.69, 9.17) is 14.6 Å². The Balaban J connectivity index is 1.25. The summed E-state index contributed by atoms with van der Waals surface area (Å²) in [5, 5.41) is 12.4. The lowest BCUT2D eigenvalue weighted by Crippen LogP contribution is -2.41. The number of carbonyl (C=O) groups excluding carboxylic acids is 1. The zero-order chi connectivity index (χ0) is 23.8. The van der Waals surface area contributed by atoms with Gasteiger partial charge in [0.25, 0.3) is 5.91 Å². The molecule has 0 saturated heterocycles. The smallest absolute Gasteiger partial charge is 0.286 e. The molecule has 2 fully saturated rings. The highest BCUT2D eigenvalue weighted by Gasteiger charge is 2.41. The molecular weight excluding hydrogens is 438 g/mol. The van der Waals surface area contributed by atoms with Crippen molar-refractivity contribution in [1.29, 1.82) is 0 Å². The zero-order valence-electron chi connectivity index (χ0n) is 20.2. The van der Waals surface area contributed by atoms with E-state index in [1.807, 2.05) is 6.08 Å². The lowest BCUT2D eigenvalue weighted by molar-refractivity contribution is -0.147. The second-order valence-corrected chi connectivity index (χ2v) is 10.7. The van der Waals surface area contributed by atoms with Gasteiger partial charge in [0.15, 0.2) is 5.76 Å². The number of hydrogen-bond acceptors (Lipinski definition) is 4. The molecule has 2 bridgehead atoms. The summed E-state index contributed by atoms with van der Waals surface area (Å²) in [4.78, 5) is 13.3. The highest BCUT2D eigenvalue weighted by molar-refractivity contribution is 5.92. The Bertz CT molecular complexity index is 1130. The molecule has 4 aliphatic rings. The van der Waals surface area contributed by atoms with Gasteiger partial charge in [-0.1, -0.05) is 48.9 Å². The highest BCUT2D eigenvalue weighted by atomic mass is 16.7. The van der Waals surface area contributed by atoms with E-state index in [9.17, 15) is 4.79 Å². The van der Waals surface area contributed by atoms with Crippen LogP contribution < -0.4 is 5.32 Å². The topological polar surface area (TPSA) is 67.8 Å². The monoisotopic (exact) mass is 473 g/mol. The molecule has 0 spiro atoms. The Hall–Kier alpha value is -2.63. The maximum absolute atomic E-state index is 13.3. The second kappa shape index (κ2) is 9.79. The van der Waals surface area contributed by atoms with Gasteiger partial charge < -0.3 is 19.9 Å². The van der Waals surface area contributed by atoms with Crippen LogP contribution in [0.3, 0.4) is 0 Å². The Kier molecular flexibility index (Phi) is 6.38. The molecule has 5 atom stereocenters. The van der Waals surface area contributed by atoms with Crippen molar-refractivity contribution in [2.24, 2.45) is 11.8 Å². The van der Waals surface area contributed by atoms with Crippen molar-refractivity contribution in [3.63, 3.8) is 0 Å². The first-order valence-electron chi connectivity index (χ1n) is 13.3. The minimum absolute atomic E-state index is 0.0524. The summed E-state index contributed by atoms with van der Waals surface area (Å²) in [5.74, 6) is 1.73. The SMILES string of the molecule is O=C(NC1CC2CCC1C2)C1=C[C@H](c2cccc3c2Cc2ccccc2-3)C[C@H](OCCCCO)O1. The minimum atomic E-state index is -0.468. The van der Waals surface area contributed by atoms with Crippen LogP contribution in [-0.2, 0) is 20.7 Å². The molecule has 0 aromatic heterocycles. The van der Waals surface area contributed by atoms with Crippen molar-refractivity contribution in [2.75, 3.05) is 13.2 Å². The van der Waals surface area contributed by atoms with Crippen molar-refractivity contribution in [3.8, 4) is 11.1 Å². The molecule has 1 amide bonds. The number of ether oxygens (including phenoxy) is 2. The molecule has 1 heterocycles. The standard InChI is InChI=1S/C30H35NO4/c32-12-3-4-13-34-29-18-22(17-28(35-29)30(33)31-27-15-19-10-11-21(27)14-19)24-8-5-9-25-23-7-2-1-6-20(23)16-26(24)25/h1-2,5-9,17,19,21-22,27,29,32H,3-4,10-16,18H2,(H,31,33)/t19?,21?,22-,27?,29+/m0/s1. The molecule has 2 aromatic rings. The van der Waals surface area contributed by atoms with E-state index >= 15 is 0 Å². The van der Waals surface area contributed by atoms with Gasteiger partial charge in [0.1, 0.15) is 0 Å². The number of unbranched alkanes of at least 4 members (excludes halogenated alkanes) is 1. The van der Waals surface area contributed by atoms with Crippen LogP contribution in [0.15, 0.2) is 54.3 Å². The molecule has 6 rings (SSSR count). The first-order chi connectivity index (χ1) is 17.2. The number of nitrogens with one attached hydrogen (secondary N) is 1. The van der Waals surface area contributed by atoms with Crippen LogP contribution in [0.4, 0.5) is 0 Å². The molecule has 2 aromatic carbocycles. The van der Waals surface area contributed by atoms with E-state index in [1.165, 1.54) is 47.1 Å². The molecule has 3 aliphatic carbocycles. The van der Waals surface area contributed by atoms with Gasteiger partial charge in [0, 0.05) is 25.0 Å². The quantitative estimate of drug-likeness (QED) is 0.449. The molecule has 2 N–H and O–H groups in total. The number of aliphatic hydroxyl groups excluding tert-OH is 1. The van der Waals surface area contributed by atoms with Crippen LogP contribution in [0, 0.1) is 11.8 Å². The number of benzene rings is 2. The van der Waals surface area contributed by atoms with Crippen LogP contribution in [0.5, 0.6) is 0 Å². The van der Waals surface area contributed by atoms with Gasteiger partial charge in [-0.2, -0.15) is 0 Å². The zero-order valence-corrected chi connectivity index (χ0v) is 20.2. The summed E-state index contributed by atoms with van der Waals surface area (Å²) in [6, 6.07) is 15.4. The van der Waals surface area contributed by atoms with E-state index in [0.717, 1.165) is 25.2 Å². The first-order valence-corrected chi connectivity index (χ1v) is 13.3. The Morgan fingerprint density at radius 3 is 2.74 bits per heavy atom.